The molecule has 0 saturated carbocycles. The molecule has 0 radical (unpaired) electrons. The highest BCUT2D eigenvalue weighted by molar-refractivity contribution is 5.82. The molecule has 6 heteroatoms. The lowest BCUT2D eigenvalue weighted by atomic mass is 10.3. The molecule has 0 aliphatic rings. The highest BCUT2D eigenvalue weighted by Gasteiger charge is 2.24. The number of carbonyl (C=O) groups excluding carboxylic acids is 3. The second kappa shape index (κ2) is 6.81. The first-order valence-electron chi connectivity index (χ1n) is 4.92. The standard InChI is InChI=1S/C10H16O6/c1-5-14-9(12)6(2)16-10(13)7(3)15-8(4)11/h6-7H,5H2,1-4H3. The molecule has 0 saturated heterocycles. The van der Waals surface area contributed by atoms with Crippen LogP contribution in [0.3, 0.4) is 0 Å². The fourth-order valence-corrected chi connectivity index (χ4v) is 0.875. The lowest BCUT2D eigenvalue weighted by molar-refractivity contribution is -0.176. The van der Waals surface area contributed by atoms with E-state index in [1.165, 1.54) is 20.8 Å². The number of rotatable bonds is 5. The van der Waals surface area contributed by atoms with Gasteiger partial charge in [-0.1, -0.05) is 0 Å². The van der Waals surface area contributed by atoms with Gasteiger partial charge in [0.25, 0.3) is 0 Å². The third-order valence-electron chi connectivity index (χ3n) is 1.59. The summed E-state index contributed by atoms with van der Waals surface area (Å²) in [5.74, 6) is -2.00. The summed E-state index contributed by atoms with van der Waals surface area (Å²) in [6.45, 7) is 5.78. The molecule has 2 atom stereocenters. The molecule has 0 spiro atoms. The van der Waals surface area contributed by atoms with Crippen molar-refractivity contribution in [2.24, 2.45) is 0 Å². The normalized spacial score (nSPS) is 13.5. The van der Waals surface area contributed by atoms with Crippen molar-refractivity contribution < 1.29 is 28.6 Å². The van der Waals surface area contributed by atoms with Crippen LogP contribution in [0.15, 0.2) is 0 Å². The molecule has 0 aromatic rings. The Kier molecular flexibility index (Phi) is 6.14. The van der Waals surface area contributed by atoms with Crippen molar-refractivity contribution in [3.8, 4) is 0 Å². The van der Waals surface area contributed by atoms with Crippen LogP contribution in [0, 0.1) is 0 Å². The largest absolute Gasteiger partial charge is 0.463 e. The van der Waals surface area contributed by atoms with Gasteiger partial charge in [0.2, 0.25) is 0 Å². The summed E-state index contributed by atoms with van der Waals surface area (Å²) in [5.41, 5.74) is 0. The van der Waals surface area contributed by atoms with Crippen LogP contribution in [-0.2, 0) is 28.6 Å². The van der Waals surface area contributed by atoms with Crippen LogP contribution < -0.4 is 0 Å². The van der Waals surface area contributed by atoms with Gasteiger partial charge in [-0.15, -0.1) is 0 Å². The topological polar surface area (TPSA) is 78.9 Å². The SMILES string of the molecule is CCOC(=O)C(C)OC(=O)C(C)OC(C)=O. The van der Waals surface area contributed by atoms with E-state index >= 15 is 0 Å². The molecule has 0 aromatic heterocycles. The predicted octanol–water partition coefficient (Wildman–Crippen LogP) is 0.433. The molecule has 0 aromatic carbocycles. The number of hydrogen-bond acceptors (Lipinski definition) is 6. The molecule has 0 amide bonds. The number of ether oxygens (including phenoxy) is 3. The van der Waals surface area contributed by atoms with E-state index < -0.39 is 30.1 Å². The van der Waals surface area contributed by atoms with Crippen molar-refractivity contribution in [1.29, 1.82) is 0 Å². The average Bonchev–Trinajstić information content (AvgIpc) is 2.16. The van der Waals surface area contributed by atoms with Gasteiger partial charge in [-0.25, -0.2) is 9.59 Å². The quantitative estimate of drug-likeness (QED) is 0.505. The lowest BCUT2D eigenvalue weighted by Crippen LogP contribution is -2.32. The van der Waals surface area contributed by atoms with E-state index in [-0.39, 0.29) is 6.61 Å². The van der Waals surface area contributed by atoms with Gasteiger partial charge in [0.15, 0.2) is 12.2 Å². The number of hydrogen-bond donors (Lipinski definition) is 0. The maximum absolute atomic E-state index is 11.3. The van der Waals surface area contributed by atoms with Crippen LogP contribution in [0.25, 0.3) is 0 Å². The van der Waals surface area contributed by atoms with Gasteiger partial charge < -0.3 is 14.2 Å². The van der Waals surface area contributed by atoms with Gasteiger partial charge in [0.05, 0.1) is 6.61 Å². The van der Waals surface area contributed by atoms with E-state index in [1.54, 1.807) is 6.92 Å². The Hall–Kier alpha value is -1.59. The Morgan fingerprint density at radius 2 is 1.50 bits per heavy atom. The van der Waals surface area contributed by atoms with Crippen LogP contribution >= 0.6 is 0 Å². The van der Waals surface area contributed by atoms with Gasteiger partial charge in [-0.2, -0.15) is 0 Å². The molecule has 0 heterocycles. The van der Waals surface area contributed by atoms with E-state index in [0.29, 0.717) is 0 Å². The molecule has 16 heavy (non-hydrogen) atoms. The highest BCUT2D eigenvalue weighted by Crippen LogP contribution is 2.01. The van der Waals surface area contributed by atoms with Gasteiger partial charge in [-0.3, -0.25) is 4.79 Å². The van der Waals surface area contributed by atoms with Crippen molar-refractivity contribution >= 4 is 17.9 Å². The molecule has 0 aliphatic carbocycles. The van der Waals surface area contributed by atoms with Crippen molar-refractivity contribution in [3.05, 3.63) is 0 Å². The maximum Gasteiger partial charge on any atom is 0.347 e. The fraction of sp³-hybridized carbons (Fsp3) is 0.700. The first-order valence-corrected chi connectivity index (χ1v) is 4.92. The van der Waals surface area contributed by atoms with E-state index in [4.69, 9.17) is 4.74 Å². The second-order valence-electron chi connectivity index (χ2n) is 3.08. The zero-order chi connectivity index (χ0) is 12.7. The Bertz CT molecular complexity index is 272. The van der Waals surface area contributed by atoms with Crippen LogP contribution in [0.2, 0.25) is 0 Å². The van der Waals surface area contributed by atoms with Crippen LogP contribution in [0.1, 0.15) is 27.7 Å². The first kappa shape index (κ1) is 14.4. The third kappa shape index (κ3) is 5.33. The summed E-state index contributed by atoms with van der Waals surface area (Å²) in [6, 6.07) is 0. The minimum Gasteiger partial charge on any atom is -0.463 e. The summed E-state index contributed by atoms with van der Waals surface area (Å²) in [7, 11) is 0. The molecule has 6 nitrogen and oxygen atoms in total. The minimum atomic E-state index is -1.03. The summed E-state index contributed by atoms with van der Waals surface area (Å²) in [6.07, 6.45) is -2.04. The molecule has 0 aliphatic heterocycles. The van der Waals surface area contributed by atoms with Crippen molar-refractivity contribution in [1.82, 2.24) is 0 Å². The van der Waals surface area contributed by atoms with Crippen LogP contribution in [0.4, 0.5) is 0 Å². The van der Waals surface area contributed by atoms with Gasteiger partial charge in [0, 0.05) is 6.92 Å². The third-order valence-corrected chi connectivity index (χ3v) is 1.59. The molecule has 2 unspecified atom stereocenters. The summed E-state index contributed by atoms with van der Waals surface area (Å²) in [4.78, 5) is 33.0. The monoisotopic (exact) mass is 232 g/mol. The van der Waals surface area contributed by atoms with E-state index in [1.807, 2.05) is 0 Å². The molecular formula is C10H16O6. The highest BCUT2D eigenvalue weighted by atomic mass is 16.6. The van der Waals surface area contributed by atoms with Crippen molar-refractivity contribution in [3.63, 3.8) is 0 Å². The summed E-state index contributed by atoms with van der Waals surface area (Å²) < 4.78 is 14.0. The predicted molar refractivity (Wildman–Crippen MR) is 53.4 cm³/mol. The fourth-order valence-electron chi connectivity index (χ4n) is 0.875. The Morgan fingerprint density at radius 3 is 1.94 bits per heavy atom. The number of carbonyl (C=O) groups is 3. The zero-order valence-electron chi connectivity index (χ0n) is 9.81. The van der Waals surface area contributed by atoms with Crippen molar-refractivity contribution in [2.75, 3.05) is 6.61 Å². The molecule has 0 N–H and O–H groups in total. The molecule has 0 fully saturated rings. The average molecular weight is 232 g/mol. The maximum atomic E-state index is 11.3. The molecule has 0 rings (SSSR count). The Morgan fingerprint density at radius 1 is 1.00 bits per heavy atom. The lowest BCUT2D eigenvalue weighted by Gasteiger charge is -2.15. The van der Waals surface area contributed by atoms with E-state index in [0.717, 1.165) is 0 Å². The summed E-state index contributed by atoms with van der Waals surface area (Å²) >= 11 is 0. The molecular weight excluding hydrogens is 216 g/mol. The smallest absolute Gasteiger partial charge is 0.347 e. The zero-order valence-corrected chi connectivity index (χ0v) is 9.81. The van der Waals surface area contributed by atoms with E-state index in [2.05, 4.69) is 9.47 Å². The molecule has 0 bridgehead atoms. The second-order valence-corrected chi connectivity index (χ2v) is 3.08. The van der Waals surface area contributed by atoms with Gasteiger partial charge in [0.1, 0.15) is 0 Å². The van der Waals surface area contributed by atoms with E-state index in [9.17, 15) is 14.4 Å². The Balaban J connectivity index is 4.12. The first-order chi connectivity index (χ1) is 7.38. The minimum absolute atomic E-state index is 0.209. The van der Waals surface area contributed by atoms with Crippen LogP contribution in [0.5, 0.6) is 0 Å². The Labute approximate surface area is 93.8 Å². The van der Waals surface area contributed by atoms with Gasteiger partial charge in [-0.05, 0) is 20.8 Å². The molecule has 92 valence electrons. The van der Waals surface area contributed by atoms with Crippen molar-refractivity contribution in [2.45, 2.75) is 39.9 Å². The summed E-state index contributed by atoms with van der Waals surface area (Å²) in [5, 5.41) is 0. The van der Waals surface area contributed by atoms with Gasteiger partial charge >= 0.3 is 17.9 Å². The van der Waals surface area contributed by atoms with Crippen LogP contribution in [-0.4, -0.2) is 36.7 Å². The number of esters is 3.